The molecule has 0 aromatic carbocycles. The molecule has 0 radical (unpaired) electrons. The Labute approximate surface area is 50.5 Å². The summed E-state index contributed by atoms with van der Waals surface area (Å²) in [6.07, 6.45) is 0.426. The third-order valence-corrected chi connectivity index (χ3v) is 1.33. The largest absolute Gasteiger partial charge is 0.390 e. The number of hydrogen-bond donors (Lipinski definition) is 1. The molecule has 2 atom stereocenters. The summed E-state index contributed by atoms with van der Waals surface area (Å²) in [4.78, 5) is 0. The molecule has 0 spiro atoms. The predicted molar refractivity (Wildman–Crippen MR) is 32.8 cm³/mol. The molecule has 1 unspecified atom stereocenters. The highest BCUT2D eigenvalue weighted by Crippen LogP contribution is 1.99. The summed E-state index contributed by atoms with van der Waals surface area (Å²) in [7, 11) is 1.60. The summed E-state index contributed by atoms with van der Waals surface area (Å²) in [5.74, 6) is 0. The van der Waals surface area contributed by atoms with Crippen molar-refractivity contribution in [1.29, 1.82) is 0 Å². The SMILES string of the molecule is CC[C@H](O)C(C)OC. The maximum absolute atomic E-state index is 9.00. The van der Waals surface area contributed by atoms with Gasteiger partial charge in [0.2, 0.25) is 0 Å². The lowest BCUT2D eigenvalue weighted by Crippen LogP contribution is -2.23. The van der Waals surface area contributed by atoms with Crippen LogP contribution in [0.15, 0.2) is 0 Å². The minimum absolute atomic E-state index is 0.0278. The van der Waals surface area contributed by atoms with Gasteiger partial charge in [-0.1, -0.05) is 6.92 Å². The fourth-order valence-corrected chi connectivity index (χ4v) is 0.489. The van der Waals surface area contributed by atoms with E-state index in [0.717, 1.165) is 6.42 Å². The van der Waals surface area contributed by atoms with Gasteiger partial charge in [-0.25, -0.2) is 0 Å². The van der Waals surface area contributed by atoms with Crippen LogP contribution in [0.2, 0.25) is 0 Å². The van der Waals surface area contributed by atoms with Crippen molar-refractivity contribution in [3.05, 3.63) is 0 Å². The van der Waals surface area contributed by atoms with Crippen molar-refractivity contribution < 1.29 is 9.84 Å². The highest BCUT2D eigenvalue weighted by Gasteiger charge is 2.08. The smallest absolute Gasteiger partial charge is 0.0801 e. The molecule has 0 rings (SSSR count). The highest BCUT2D eigenvalue weighted by molar-refractivity contribution is 4.59. The van der Waals surface area contributed by atoms with Crippen LogP contribution >= 0.6 is 0 Å². The monoisotopic (exact) mass is 118 g/mol. The molecule has 1 N–H and O–H groups in total. The molecule has 0 aliphatic rings. The number of aliphatic hydroxyl groups excluding tert-OH is 1. The first kappa shape index (κ1) is 7.92. The Morgan fingerprint density at radius 2 is 2.12 bits per heavy atom. The molecule has 0 aromatic heterocycles. The Kier molecular flexibility index (Phi) is 3.83. The van der Waals surface area contributed by atoms with Gasteiger partial charge in [-0.2, -0.15) is 0 Å². The summed E-state index contributed by atoms with van der Waals surface area (Å²) in [6, 6.07) is 0. The topological polar surface area (TPSA) is 29.5 Å². The van der Waals surface area contributed by atoms with Gasteiger partial charge in [-0.3, -0.25) is 0 Å². The summed E-state index contributed by atoms with van der Waals surface area (Å²) in [5.41, 5.74) is 0. The maximum Gasteiger partial charge on any atom is 0.0801 e. The van der Waals surface area contributed by atoms with E-state index in [9.17, 15) is 0 Å². The molecule has 0 saturated carbocycles. The normalized spacial score (nSPS) is 18.0. The van der Waals surface area contributed by atoms with E-state index in [4.69, 9.17) is 9.84 Å². The summed E-state index contributed by atoms with van der Waals surface area (Å²) < 4.78 is 4.85. The van der Waals surface area contributed by atoms with Gasteiger partial charge in [0.1, 0.15) is 0 Å². The molecular formula is C6H14O2. The van der Waals surface area contributed by atoms with E-state index in [2.05, 4.69) is 0 Å². The van der Waals surface area contributed by atoms with Gasteiger partial charge in [-0.05, 0) is 13.3 Å². The van der Waals surface area contributed by atoms with E-state index < -0.39 is 0 Å². The van der Waals surface area contributed by atoms with Crippen molar-refractivity contribution in [2.24, 2.45) is 0 Å². The minimum Gasteiger partial charge on any atom is -0.390 e. The molecule has 0 amide bonds. The Hall–Kier alpha value is -0.0800. The van der Waals surface area contributed by atoms with Gasteiger partial charge >= 0.3 is 0 Å². The highest BCUT2D eigenvalue weighted by atomic mass is 16.5. The maximum atomic E-state index is 9.00. The van der Waals surface area contributed by atoms with Gasteiger partial charge in [0.15, 0.2) is 0 Å². The third kappa shape index (κ3) is 2.28. The molecule has 0 aliphatic heterocycles. The molecule has 2 nitrogen and oxygen atoms in total. The van der Waals surface area contributed by atoms with Crippen LogP contribution in [0, 0.1) is 0 Å². The number of hydrogen-bond acceptors (Lipinski definition) is 2. The van der Waals surface area contributed by atoms with E-state index >= 15 is 0 Å². The Morgan fingerprint density at radius 1 is 1.62 bits per heavy atom. The molecule has 0 fully saturated rings. The zero-order valence-corrected chi connectivity index (χ0v) is 5.72. The Balaban J connectivity index is 3.29. The molecule has 0 heterocycles. The van der Waals surface area contributed by atoms with Crippen LogP contribution in [0.5, 0.6) is 0 Å². The minimum atomic E-state index is -0.306. The first-order valence-corrected chi connectivity index (χ1v) is 2.93. The van der Waals surface area contributed by atoms with Gasteiger partial charge in [0.05, 0.1) is 12.2 Å². The van der Waals surface area contributed by atoms with Crippen LogP contribution in [0.25, 0.3) is 0 Å². The zero-order valence-electron chi connectivity index (χ0n) is 5.72. The average Bonchev–Trinajstić information content (AvgIpc) is 1.84. The lowest BCUT2D eigenvalue weighted by atomic mass is 10.2. The van der Waals surface area contributed by atoms with Crippen molar-refractivity contribution in [1.82, 2.24) is 0 Å². The standard InChI is InChI=1S/C6H14O2/c1-4-6(7)5(2)8-3/h5-7H,4H2,1-3H3/t5?,6-/m0/s1. The molecule has 0 saturated heterocycles. The second kappa shape index (κ2) is 3.87. The number of aliphatic hydroxyl groups is 1. The lowest BCUT2D eigenvalue weighted by Gasteiger charge is -2.14. The molecule has 0 bridgehead atoms. The van der Waals surface area contributed by atoms with Crippen molar-refractivity contribution in [2.75, 3.05) is 7.11 Å². The van der Waals surface area contributed by atoms with Crippen LogP contribution in [-0.2, 0) is 4.74 Å². The van der Waals surface area contributed by atoms with E-state index in [0.29, 0.717) is 0 Å². The van der Waals surface area contributed by atoms with Crippen LogP contribution < -0.4 is 0 Å². The molecule has 50 valence electrons. The fourth-order valence-electron chi connectivity index (χ4n) is 0.489. The third-order valence-electron chi connectivity index (χ3n) is 1.33. The molecule has 8 heavy (non-hydrogen) atoms. The molecule has 2 heteroatoms. The van der Waals surface area contributed by atoms with E-state index in [1.54, 1.807) is 7.11 Å². The number of ether oxygens (including phenoxy) is 1. The second-order valence-corrected chi connectivity index (χ2v) is 1.92. The predicted octanol–water partition coefficient (Wildman–Crippen LogP) is 0.792. The molecular weight excluding hydrogens is 104 g/mol. The van der Waals surface area contributed by atoms with Gasteiger partial charge < -0.3 is 9.84 Å². The van der Waals surface area contributed by atoms with Crippen molar-refractivity contribution in [3.63, 3.8) is 0 Å². The first-order chi connectivity index (χ1) is 3.72. The van der Waals surface area contributed by atoms with Gasteiger partial charge in [0, 0.05) is 7.11 Å². The van der Waals surface area contributed by atoms with Crippen molar-refractivity contribution >= 4 is 0 Å². The zero-order chi connectivity index (χ0) is 6.57. The number of methoxy groups -OCH3 is 1. The lowest BCUT2D eigenvalue weighted by molar-refractivity contribution is -0.00166. The van der Waals surface area contributed by atoms with Crippen LogP contribution in [0.4, 0.5) is 0 Å². The second-order valence-electron chi connectivity index (χ2n) is 1.92. The van der Waals surface area contributed by atoms with Crippen LogP contribution in [0.3, 0.4) is 0 Å². The summed E-state index contributed by atoms with van der Waals surface area (Å²) in [6.45, 7) is 3.79. The van der Waals surface area contributed by atoms with Gasteiger partial charge in [0.25, 0.3) is 0 Å². The average molecular weight is 118 g/mol. The van der Waals surface area contributed by atoms with Crippen LogP contribution in [-0.4, -0.2) is 24.4 Å². The van der Waals surface area contributed by atoms with Crippen molar-refractivity contribution in [2.45, 2.75) is 32.5 Å². The summed E-state index contributed by atoms with van der Waals surface area (Å²) >= 11 is 0. The van der Waals surface area contributed by atoms with Crippen LogP contribution in [0.1, 0.15) is 20.3 Å². The van der Waals surface area contributed by atoms with E-state index in [-0.39, 0.29) is 12.2 Å². The molecule has 0 aromatic rings. The molecule has 0 aliphatic carbocycles. The van der Waals surface area contributed by atoms with Gasteiger partial charge in [-0.15, -0.1) is 0 Å². The Morgan fingerprint density at radius 3 is 2.25 bits per heavy atom. The Bertz CT molecular complexity index is 46.5. The van der Waals surface area contributed by atoms with Crippen molar-refractivity contribution in [3.8, 4) is 0 Å². The number of rotatable bonds is 3. The summed E-state index contributed by atoms with van der Waals surface area (Å²) in [5, 5.41) is 9.00. The fraction of sp³-hybridized carbons (Fsp3) is 1.00. The van der Waals surface area contributed by atoms with E-state index in [1.165, 1.54) is 0 Å². The quantitative estimate of drug-likeness (QED) is 0.593. The van der Waals surface area contributed by atoms with E-state index in [1.807, 2.05) is 13.8 Å². The first-order valence-electron chi connectivity index (χ1n) is 2.93.